The van der Waals surface area contributed by atoms with Gasteiger partial charge in [-0.05, 0) is 35.9 Å². The fourth-order valence-corrected chi connectivity index (χ4v) is 4.22. The standard InChI is InChI=1S/C21H20F2N2O6S/c22-16-4-7-18(23)19(13-16)24-20(26)14-31-21(27)8-3-15-1-5-17(6-2-15)32(28,29)25-9-11-30-12-10-25/h1-8,13H,9-12,14H2,(H,24,26)/b8-3+. The van der Waals surface area contributed by atoms with E-state index in [4.69, 9.17) is 9.47 Å². The van der Waals surface area contributed by atoms with E-state index in [2.05, 4.69) is 5.32 Å². The van der Waals surface area contributed by atoms with Crippen LogP contribution >= 0.6 is 0 Å². The summed E-state index contributed by atoms with van der Waals surface area (Å²) >= 11 is 0. The van der Waals surface area contributed by atoms with Gasteiger partial charge in [0.25, 0.3) is 5.91 Å². The number of esters is 1. The Bertz CT molecular complexity index is 1110. The molecule has 32 heavy (non-hydrogen) atoms. The molecule has 1 N–H and O–H groups in total. The maximum atomic E-state index is 13.5. The number of sulfonamides is 1. The summed E-state index contributed by atoms with van der Waals surface area (Å²) in [7, 11) is -3.62. The molecule has 0 unspecified atom stereocenters. The molecule has 2 aromatic carbocycles. The molecule has 0 saturated carbocycles. The number of anilines is 1. The van der Waals surface area contributed by atoms with Gasteiger partial charge in [0.1, 0.15) is 11.6 Å². The third-order valence-corrected chi connectivity index (χ3v) is 6.36. The fraction of sp³-hybridized carbons (Fsp3) is 0.238. The Morgan fingerprint density at radius 1 is 1.09 bits per heavy atom. The highest BCUT2D eigenvalue weighted by atomic mass is 32.2. The number of ether oxygens (including phenoxy) is 2. The van der Waals surface area contributed by atoms with Crippen LogP contribution in [0, 0.1) is 11.6 Å². The molecule has 3 rings (SSSR count). The third kappa shape index (κ3) is 6.19. The van der Waals surface area contributed by atoms with Gasteiger partial charge in [-0.1, -0.05) is 12.1 Å². The number of hydrogen-bond donors (Lipinski definition) is 1. The van der Waals surface area contributed by atoms with Gasteiger partial charge in [0.15, 0.2) is 6.61 Å². The van der Waals surface area contributed by atoms with E-state index >= 15 is 0 Å². The molecule has 1 fully saturated rings. The molecule has 0 aromatic heterocycles. The number of nitrogens with one attached hydrogen (secondary N) is 1. The zero-order chi connectivity index (χ0) is 23.1. The lowest BCUT2D eigenvalue weighted by Crippen LogP contribution is -2.40. The molecular formula is C21H20F2N2O6S. The van der Waals surface area contributed by atoms with Crippen molar-refractivity contribution in [2.24, 2.45) is 0 Å². The molecule has 1 saturated heterocycles. The summed E-state index contributed by atoms with van der Waals surface area (Å²) in [4.78, 5) is 23.7. The molecule has 1 aliphatic rings. The molecular weight excluding hydrogens is 446 g/mol. The molecule has 2 aromatic rings. The second kappa shape index (κ2) is 10.4. The van der Waals surface area contributed by atoms with Crippen molar-refractivity contribution in [2.75, 3.05) is 38.2 Å². The summed E-state index contributed by atoms with van der Waals surface area (Å²) in [5, 5.41) is 2.10. The number of hydrogen-bond acceptors (Lipinski definition) is 6. The number of carbonyl (C=O) groups is 2. The predicted molar refractivity (Wildman–Crippen MR) is 111 cm³/mol. The van der Waals surface area contributed by atoms with Gasteiger partial charge in [0, 0.05) is 25.2 Å². The lowest BCUT2D eigenvalue weighted by molar-refractivity contribution is -0.142. The van der Waals surface area contributed by atoms with Crippen LogP contribution in [0.1, 0.15) is 5.56 Å². The van der Waals surface area contributed by atoms with Crippen LogP contribution in [0.2, 0.25) is 0 Å². The largest absolute Gasteiger partial charge is 0.452 e. The highest BCUT2D eigenvalue weighted by Crippen LogP contribution is 2.18. The summed E-state index contributed by atoms with van der Waals surface area (Å²) in [5.74, 6) is -3.24. The van der Waals surface area contributed by atoms with Crippen molar-refractivity contribution in [1.82, 2.24) is 4.31 Å². The van der Waals surface area contributed by atoms with E-state index in [0.29, 0.717) is 18.8 Å². The minimum absolute atomic E-state index is 0.125. The lowest BCUT2D eigenvalue weighted by atomic mass is 10.2. The normalized spacial score (nSPS) is 14.9. The lowest BCUT2D eigenvalue weighted by Gasteiger charge is -2.26. The average Bonchev–Trinajstić information content (AvgIpc) is 2.79. The van der Waals surface area contributed by atoms with E-state index in [1.807, 2.05) is 0 Å². The van der Waals surface area contributed by atoms with Gasteiger partial charge >= 0.3 is 5.97 Å². The van der Waals surface area contributed by atoms with E-state index in [1.54, 1.807) is 0 Å². The molecule has 0 radical (unpaired) electrons. The number of amides is 1. The Hall–Kier alpha value is -3.15. The van der Waals surface area contributed by atoms with Crippen LogP contribution in [0.4, 0.5) is 14.5 Å². The van der Waals surface area contributed by atoms with Gasteiger partial charge in [-0.2, -0.15) is 4.31 Å². The molecule has 0 spiro atoms. The number of morpholine rings is 1. The van der Waals surface area contributed by atoms with Crippen LogP contribution in [-0.2, 0) is 29.1 Å². The van der Waals surface area contributed by atoms with Crippen molar-refractivity contribution < 1.29 is 36.3 Å². The molecule has 170 valence electrons. The highest BCUT2D eigenvalue weighted by Gasteiger charge is 2.25. The van der Waals surface area contributed by atoms with Crippen molar-refractivity contribution in [1.29, 1.82) is 0 Å². The Balaban J connectivity index is 1.51. The van der Waals surface area contributed by atoms with E-state index in [0.717, 1.165) is 24.3 Å². The first-order valence-corrected chi connectivity index (χ1v) is 11.0. The summed E-state index contributed by atoms with van der Waals surface area (Å²) in [6.07, 6.45) is 2.44. The quantitative estimate of drug-likeness (QED) is 0.496. The minimum atomic E-state index is -3.62. The molecule has 0 atom stereocenters. The van der Waals surface area contributed by atoms with Gasteiger partial charge in [0.05, 0.1) is 23.8 Å². The molecule has 0 bridgehead atoms. The summed E-state index contributed by atoms with van der Waals surface area (Å²) < 4.78 is 63.0. The molecule has 1 heterocycles. The van der Waals surface area contributed by atoms with E-state index in [-0.39, 0.29) is 23.7 Å². The number of rotatable bonds is 7. The number of nitrogens with zero attached hydrogens (tertiary/aromatic N) is 1. The summed E-state index contributed by atoms with van der Waals surface area (Å²) in [5.41, 5.74) is 0.169. The van der Waals surface area contributed by atoms with Gasteiger partial charge in [-0.25, -0.2) is 22.0 Å². The van der Waals surface area contributed by atoms with Gasteiger partial charge in [-0.15, -0.1) is 0 Å². The van der Waals surface area contributed by atoms with Gasteiger partial charge in [0.2, 0.25) is 10.0 Å². The predicted octanol–water partition coefficient (Wildman–Crippen LogP) is 2.18. The summed E-state index contributed by atoms with van der Waals surface area (Å²) in [6, 6.07) is 8.47. The fourth-order valence-electron chi connectivity index (χ4n) is 2.82. The molecule has 8 nitrogen and oxygen atoms in total. The van der Waals surface area contributed by atoms with E-state index in [1.165, 1.54) is 34.6 Å². The molecule has 1 aliphatic heterocycles. The van der Waals surface area contributed by atoms with Crippen molar-refractivity contribution in [3.05, 3.63) is 65.7 Å². The van der Waals surface area contributed by atoms with Crippen molar-refractivity contribution in [3.63, 3.8) is 0 Å². The summed E-state index contributed by atoms with van der Waals surface area (Å²) in [6.45, 7) is 0.565. The van der Waals surface area contributed by atoms with Crippen LogP contribution in [0.5, 0.6) is 0 Å². The van der Waals surface area contributed by atoms with Crippen LogP contribution < -0.4 is 5.32 Å². The van der Waals surface area contributed by atoms with Crippen LogP contribution in [0.15, 0.2) is 53.4 Å². The molecule has 11 heteroatoms. The Kier molecular flexibility index (Phi) is 7.67. The second-order valence-corrected chi connectivity index (χ2v) is 8.64. The van der Waals surface area contributed by atoms with Crippen molar-refractivity contribution in [3.8, 4) is 0 Å². The van der Waals surface area contributed by atoms with E-state index < -0.39 is 40.1 Å². The monoisotopic (exact) mass is 466 g/mol. The first-order valence-electron chi connectivity index (χ1n) is 9.53. The maximum absolute atomic E-state index is 13.5. The average molecular weight is 466 g/mol. The van der Waals surface area contributed by atoms with E-state index in [9.17, 15) is 26.8 Å². The van der Waals surface area contributed by atoms with Crippen molar-refractivity contribution >= 4 is 33.7 Å². The van der Waals surface area contributed by atoms with Crippen LogP contribution in [0.3, 0.4) is 0 Å². The first-order chi connectivity index (χ1) is 15.3. The van der Waals surface area contributed by atoms with Crippen molar-refractivity contribution in [2.45, 2.75) is 4.90 Å². The zero-order valence-electron chi connectivity index (χ0n) is 16.8. The number of benzene rings is 2. The third-order valence-electron chi connectivity index (χ3n) is 4.45. The van der Waals surface area contributed by atoms with Crippen LogP contribution in [-0.4, -0.2) is 57.5 Å². The SMILES string of the molecule is O=C(COC(=O)/C=C/c1ccc(S(=O)(=O)N2CCOCC2)cc1)Nc1cc(F)ccc1F. The Labute approximate surface area is 183 Å². The Morgan fingerprint density at radius 3 is 2.47 bits per heavy atom. The van der Waals surface area contributed by atoms with Gasteiger partial charge in [-0.3, -0.25) is 4.79 Å². The number of halogens is 2. The smallest absolute Gasteiger partial charge is 0.331 e. The highest BCUT2D eigenvalue weighted by molar-refractivity contribution is 7.89. The topological polar surface area (TPSA) is 102 Å². The zero-order valence-corrected chi connectivity index (χ0v) is 17.6. The maximum Gasteiger partial charge on any atom is 0.331 e. The number of carbonyl (C=O) groups excluding carboxylic acids is 2. The molecule has 1 amide bonds. The van der Waals surface area contributed by atoms with Gasteiger partial charge < -0.3 is 14.8 Å². The van der Waals surface area contributed by atoms with Crippen LogP contribution in [0.25, 0.3) is 6.08 Å². The minimum Gasteiger partial charge on any atom is -0.452 e. The Morgan fingerprint density at radius 2 is 1.78 bits per heavy atom. The second-order valence-electron chi connectivity index (χ2n) is 6.70. The first kappa shape index (κ1) is 23.5. The molecule has 0 aliphatic carbocycles.